The second kappa shape index (κ2) is 10.6. The summed E-state index contributed by atoms with van der Waals surface area (Å²) in [6.45, 7) is 6.22. The van der Waals surface area contributed by atoms with Gasteiger partial charge in [0.2, 0.25) is 17.7 Å². The Morgan fingerprint density at radius 1 is 1.02 bits per heavy atom. The molecule has 6 aromatic rings. The highest BCUT2D eigenvalue weighted by Crippen LogP contribution is 2.29. The Bertz CT molecular complexity index is 1940. The van der Waals surface area contributed by atoms with E-state index < -0.39 is 0 Å². The maximum Gasteiger partial charge on any atom is 0.317 e. The number of fused-ring (bicyclic) bond motifs is 3. The highest BCUT2D eigenvalue weighted by atomic mass is 19.1. The molecular formula is C28H30FN13O. The molecule has 0 radical (unpaired) electrons. The van der Waals surface area contributed by atoms with Gasteiger partial charge < -0.3 is 20.0 Å². The minimum atomic E-state index is -0.280. The predicted molar refractivity (Wildman–Crippen MR) is 159 cm³/mol. The van der Waals surface area contributed by atoms with E-state index in [-0.39, 0.29) is 11.8 Å². The Morgan fingerprint density at radius 3 is 2.63 bits per heavy atom. The number of anilines is 3. The van der Waals surface area contributed by atoms with Gasteiger partial charge in [0.1, 0.15) is 11.5 Å². The van der Waals surface area contributed by atoms with E-state index in [4.69, 9.17) is 15.1 Å². The number of aryl methyl sites for hydroxylation is 1. The first-order valence-electron chi connectivity index (χ1n) is 13.9. The molecule has 43 heavy (non-hydrogen) atoms. The maximum atomic E-state index is 14.9. The number of nitrogen functional groups attached to an aromatic ring is 1. The van der Waals surface area contributed by atoms with Crippen LogP contribution in [0.15, 0.2) is 47.1 Å². The van der Waals surface area contributed by atoms with E-state index in [0.29, 0.717) is 65.6 Å². The van der Waals surface area contributed by atoms with Crippen molar-refractivity contribution in [2.75, 3.05) is 62.4 Å². The number of aromatic nitrogens is 9. The maximum absolute atomic E-state index is 14.9. The molecule has 0 amide bonds. The van der Waals surface area contributed by atoms with E-state index in [1.54, 1.807) is 29.4 Å². The van der Waals surface area contributed by atoms with Crippen LogP contribution < -0.4 is 15.5 Å². The van der Waals surface area contributed by atoms with Crippen molar-refractivity contribution in [1.29, 1.82) is 0 Å². The topological polar surface area (TPSA) is 148 Å². The van der Waals surface area contributed by atoms with Crippen molar-refractivity contribution in [2.45, 2.75) is 13.5 Å². The van der Waals surface area contributed by atoms with Crippen LogP contribution in [0.4, 0.5) is 22.0 Å². The lowest BCUT2D eigenvalue weighted by Crippen LogP contribution is -2.47. The molecule has 7 rings (SSSR count). The van der Waals surface area contributed by atoms with Crippen LogP contribution in [0.25, 0.3) is 39.7 Å². The summed E-state index contributed by atoms with van der Waals surface area (Å²) >= 11 is 0. The third-order valence-electron chi connectivity index (χ3n) is 7.65. The molecule has 1 aliphatic rings. The van der Waals surface area contributed by atoms with Crippen LogP contribution in [0, 0.1) is 12.7 Å². The van der Waals surface area contributed by atoms with Crippen molar-refractivity contribution < 1.29 is 8.81 Å². The van der Waals surface area contributed by atoms with E-state index in [9.17, 15) is 4.39 Å². The normalized spacial score (nSPS) is 14.3. The van der Waals surface area contributed by atoms with Crippen LogP contribution >= 0.6 is 0 Å². The van der Waals surface area contributed by atoms with Crippen molar-refractivity contribution in [1.82, 2.24) is 49.4 Å². The van der Waals surface area contributed by atoms with Crippen molar-refractivity contribution in [3.63, 3.8) is 0 Å². The second-order valence-corrected chi connectivity index (χ2v) is 10.7. The first kappa shape index (κ1) is 26.7. The molecular weight excluding hydrogens is 553 g/mol. The van der Waals surface area contributed by atoms with Gasteiger partial charge in [0.25, 0.3) is 0 Å². The van der Waals surface area contributed by atoms with Gasteiger partial charge in [0, 0.05) is 58.6 Å². The fourth-order valence-corrected chi connectivity index (χ4v) is 5.29. The summed E-state index contributed by atoms with van der Waals surface area (Å²) in [5.74, 6) is 0.795. The minimum absolute atomic E-state index is 0.230. The van der Waals surface area contributed by atoms with Crippen molar-refractivity contribution in [3.8, 4) is 23.0 Å². The number of halogens is 1. The summed E-state index contributed by atoms with van der Waals surface area (Å²) in [5, 5.41) is 18.0. The van der Waals surface area contributed by atoms with E-state index in [1.807, 2.05) is 42.7 Å². The zero-order valence-electron chi connectivity index (χ0n) is 24.0. The molecule has 1 saturated heterocycles. The van der Waals surface area contributed by atoms with E-state index in [0.717, 1.165) is 30.6 Å². The Labute approximate surface area is 245 Å². The second-order valence-electron chi connectivity index (χ2n) is 10.7. The summed E-state index contributed by atoms with van der Waals surface area (Å²) in [6, 6.07) is 9.12. The standard InChI is InChI=1S/C28H30FN13O/c1-17-5-4-8-31-22(17)23-33-25-19-16-32-41(24(19)34-27(30)42(25)37-23)14-11-39-9-12-40(13-10-39)21-15-18(6-7-20(21)29)26-35-36-28(43-26)38(2)3/h4-8,15-16H,9-14H2,1-3H3,(H2,30,34). The molecule has 0 spiro atoms. The van der Waals surface area contributed by atoms with E-state index >= 15 is 0 Å². The smallest absolute Gasteiger partial charge is 0.317 e. The zero-order chi connectivity index (χ0) is 29.7. The van der Waals surface area contributed by atoms with Crippen LogP contribution in [-0.4, -0.2) is 96.3 Å². The molecule has 15 heteroatoms. The summed E-state index contributed by atoms with van der Waals surface area (Å²) < 4.78 is 24.0. The van der Waals surface area contributed by atoms with Crippen molar-refractivity contribution in [3.05, 3.63) is 54.1 Å². The summed E-state index contributed by atoms with van der Waals surface area (Å²) in [6.07, 6.45) is 3.47. The number of hydrogen-bond acceptors (Lipinski definition) is 12. The lowest BCUT2D eigenvalue weighted by atomic mass is 10.1. The Morgan fingerprint density at radius 2 is 1.86 bits per heavy atom. The Kier molecular flexibility index (Phi) is 6.57. The fourth-order valence-electron chi connectivity index (χ4n) is 5.29. The molecule has 1 fully saturated rings. The first-order chi connectivity index (χ1) is 20.9. The van der Waals surface area contributed by atoms with Crippen molar-refractivity contribution in [2.24, 2.45) is 0 Å². The quantitative estimate of drug-likeness (QED) is 0.294. The lowest BCUT2D eigenvalue weighted by molar-refractivity contribution is 0.245. The monoisotopic (exact) mass is 583 g/mol. The molecule has 5 aromatic heterocycles. The summed E-state index contributed by atoms with van der Waals surface area (Å²) in [7, 11) is 3.65. The number of rotatable bonds is 7. The van der Waals surface area contributed by atoms with Crippen LogP contribution in [0.2, 0.25) is 0 Å². The fraction of sp³-hybridized carbons (Fsp3) is 0.321. The van der Waals surface area contributed by atoms with Gasteiger partial charge in [0.05, 0.1) is 23.8 Å². The number of benzene rings is 1. The number of pyridine rings is 1. The van der Waals surface area contributed by atoms with Crippen LogP contribution in [-0.2, 0) is 6.54 Å². The minimum Gasteiger partial charge on any atom is -0.403 e. The SMILES string of the molecule is Cc1cccnc1-c1nc2c3cnn(CCN4CCN(c5cc(-c6nnc(N(C)C)o6)ccc5F)CC4)c3nc(N)n2n1. The number of piperazine rings is 1. The third-order valence-corrected chi connectivity index (χ3v) is 7.65. The van der Waals surface area contributed by atoms with E-state index in [1.165, 1.54) is 10.6 Å². The van der Waals surface area contributed by atoms with Crippen molar-refractivity contribution >= 4 is 34.3 Å². The van der Waals surface area contributed by atoms with Gasteiger partial charge in [-0.15, -0.1) is 10.2 Å². The molecule has 0 saturated carbocycles. The number of hydrogen-bond donors (Lipinski definition) is 1. The van der Waals surface area contributed by atoms with Crippen LogP contribution in [0.5, 0.6) is 0 Å². The molecule has 0 aliphatic carbocycles. The Balaban J connectivity index is 1.04. The highest BCUT2D eigenvalue weighted by Gasteiger charge is 2.22. The van der Waals surface area contributed by atoms with Crippen LogP contribution in [0.3, 0.4) is 0 Å². The molecule has 0 unspecified atom stereocenters. The molecule has 0 bridgehead atoms. The molecule has 220 valence electrons. The highest BCUT2D eigenvalue weighted by molar-refractivity contribution is 5.90. The lowest BCUT2D eigenvalue weighted by Gasteiger charge is -2.36. The summed E-state index contributed by atoms with van der Waals surface area (Å²) in [4.78, 5) is 19.9. The van der Waals surface area contributed by atoms with Gasteiger partial charge in [-0.25, -0.2) is 14.1 Å². The Hall–Kier alpha value is -5.18. The predicted octanol–water partition coefficient (Wildman–Crippen LogP) is 2.50. The van der Waals surface area contributed by atoms with Crippen LogP contribution in [0.1, 0.15) is 5.56 Å². The third kappa shape index (κ3) is 4.86. The number of nitrogens with two attached hydrogens (primary N) is 1. The van der Waals surface area contributed by atoms with Gasteiger partial charge >= 0.3 is 6.01 Å². The average molecular weight is 584 g/mol. The van der Waals surface area contributed by atoms with E-state index in [2.05, 4.69) is 35.3 Å². The number of nitrogens with zero attached hydrogens (tertiary/aromatic N) is 12. The zero-order valence-corrected chi connectivity index (χ0v) is 24.0. The van der Waals surface area contributed by atoms with Gasteiger partial charge in [-0.2, -0.15) is 14.6 Å². The molecule has 6 heterocycles. The van der Waals surface area contributed by atoms with Gasteiger partial charge in [-0.05, 0) is 36.8 Å². The van der Waals surface area contributed by atoms with Gasteiger partial charge in [-0.1, -0.05) is 11.2 Å². The first-order valence-corrected chi connectivity index (χ1v) is 13.9. The molecule has 1 aromatic carbocycles. The van der Waals surface area contributed by atoms with Gasteiger partial charge in [0.15, 0.2) is 11.3 Å². The largest absolute Gasteiger partial charge is 0.403 e. The average Bonchev–Trinajstić information content (AvgIpc) is 3.76. The van der Waals surface area contributed by atoms with Gasteiger partial charge in [-0.3, -0.25) is 9.88 Å². The molecule has 1 aliphatic heterocycles. The molecule has 14 nitrogen and oxygen atoms in total. The molecule has 2 N–H and O–H groups in total. The summed E-state index contributed by atoms with van der Waals surface area (Å²) in [5.41, 5.74) is 10.4. The molecule has 0 atom stereocenters.